The Hall–Kier alpha value is -0.970. The zero-order valence-corrected chi connectivity index (χ0v) is 12.0. The third-order valence-electron chi connectivity index (χ3n) is 3.23. The number of halogens is 2. The first-order chi connectivity index (χ1) is 8.89. The third kappa shape index (κ3) is 2.96. The summed E-state index contributed by atoms with van der Waals surface area (Å²) in [6, 6.07) is 6.88. The molecule has 0 saturated heterocycles. The second-order valence-corrected chi connectivity index (χ2v) is 6.25. The van der Waals surface area contributed by atoms with Crippen molar-refractivity contribution in [1.29, 1.82) is 0 Å². The van der Waals surface area contributed by atoms with Crippen LogP contribution in [-0.2, 0) is 4.79 Å². The minimum atomic E-state index is -0.971. The number of benzene rings is 1. The van der Waals surface area contributed by atoms with Crippen LogP contribution >= 0.6 is 23.2 Å². The number of aliphatic hydroxyl groups excluding tert-OH is 1. The Bertz CT molecular complexity index is 475. The molecule has 0 spiro atoms. The van der Waals surface area contributed by atoms with Gasteiger partial charge >= 0.3 is 0 Å². The molecule has 0 aliphatic heterocycles. The van der Waals surface area contributed by atoms with Crippen molar-refractivity contribution in [2.75, 3.05) is 18.5 Å². The Labute approximate surface area is 121 Å². The van der Waals surface area contributed by atoms with E-state index in [-0.39, 0.29) is 19.1 Å². The lowest BCUT2D eigenvalue weighted by Crippen LogP contribution is -2.25. The molecule has 0 radical (unpaired) electrons. The second-order valence-electron chi connectivity index (χ2n) is 4.76. The van der Waals surface area contributed by atoms with Crippen LogP contribution in [0.1, 0.15) is 13.3 Å². The Morgan fingerprint density at radius 1 is 1.42 bits per heavy atom. The highest BCUT2D eigenvalue weighted by molar-refractivity contribution is 6.53. The zero-order valence-electron chi connectivity index (χ0n) is 10.5. The van der Waals surface area contributed by atoms with Crippen molar-refractivity contribution in [3.05, 3.63) is 24.3 Å². The highest BCUT2D eigenvalue weighted by Gasteiger charge is 2.67. The molecule has 6 heteroatoms. The SMILES string of the molecule is CC1(C(=O)Nc2ccc(OCCO)cc2)CC1(Cl)Cl. The number of rotatable bonds is 5. The van der Waals surface area contributed by atoms with Gasteiger partial charge in [0.15, 0.2) is 0 Å². The molecule has 4 nitrogen and oxygen atoms in total. The fraction of sp³-hybridized carbons (Fsp3) is 0.462. The minimum Gasteiger partial charge on any atom is -0.491 e. The molecule has 1 aliphatic rings. The quantitative estimate of drug-likeness (QED) is 0.822. The van der Waals surface area contributed by atoms with E-state index in [0.717, 1.165) is 0 Å². The van der Waals surface area contributed by atoms with E-state index < -0.39 is 9.75 Å². The Balaban J connectivity index is 1.95. The Morgan fingerprint density at radius 3 is 2.47 bits per heavy atom. The minimum absolute atomic E-state index is 0.0373. The predicted molar refractivity (Wildman–Crippen MR) is 74.8 cm³/mol. The van der Waals surface area contributed by atoms with E-state index in [1.165, 1.54) is 0 Å². The van der Waals surface area contributed by atoms with E-state index in [0.29, 0.717) is 17.9 Å². The van der Waals surface area contributed by atoms with Gasteiger partial charge in [0.25, 0.3) is 0 Å². The molecule has 1 atom stereocenters. The van der Waals surface area contributed by atoms with Crippen LogP contribution in [0.3, 0.4) is 0 Å². The number of nitrogens with one attached hydrogen (secondary N) is 1. The second kappa shape index (κ2) is 5.19. The summed E-state index contributed by atoms with van der Waals surface area (Å²) in [5, 5.41) is 11.4. The first-order valence-electron chi connectivity index (χ1n) is 5.92. The van der Waals surface area contributed by atoms with Gasteiger partial charge in [-0.3, -0.25) is 4.79 Å². The number of amides is 1. The summed E-state index contributed by atoms with van der Waals surface area (Å²) in [5.41, 5.74) is -0.0825. The van der Waals surface area contributed by atoms with Crippen LogP contribution in [0, 0.1) is 5.41 Å². The average molecular weight is 304 g/mol. The molecule has 0 heterocycles. The summed E-state index contributed by atoms with van der Waals surface area (Å²) in [6.45, 7) is 1.94. The van der Waals surface area contributed by atoms with Crippen molar-refractivity contribution >= 4 is 34.8 Å². The highest BCUT2D eigenvalue weighted by Crippen LogP contribution is 2.64. The van der Waals surface area contributed by atoms with E-state index in [1.807, 2.05) is 0 Å². The molecule has 1 aliphatic carbocycles. The van der Waals surface area contributed by atoms with Crippen molar-refractivity contribution in [2.45, 2.75) is 17.7 Å². The van der Waals surface area contributed by atoms with Gasteiger partial charge in [-0.2, -0.15) is 0 Å². The lowest BCUT2D eigenvalue weighted by atomic mass is 10.1. The molecule has 1 unspecified atom stereocenters. The molecule has 0 bridgehead atoms. The van der Waals surface area contributed by atoms with E-state index in [2.05, 4.69) is 5.32 Å². The predicted octanol–water partition coefficient (Wildman–Crippen LogP) is 2.58. The monoisotopic (exact) mass is 303 g/mol. The van der Waals surface area contributed by atoms with Gasteiger partial charge < -0.3 is 15.2 Å². The number of carbonyl (C=O) groups is 1. The fourth-order valence-corrected chi connectivity index (χ4v) is 2.42. The number of hydrogen-bond donors (Lipinski definition) is 2. The van der Waals surface area contributed by atoms with Crippen molar-refractivity contribution in [2.24, 2.45) is 5.41 Å². The topological polar surface area (TPSA) is 58.6 Å². The van der Waals surface area contributed by atoms with Crippen LogP contribution in [0.5, 0.6) is 5.75 Å². The first kappa shape index (κ1) is 14.4. The molecular weight excluding hydrogens is 289 g/mol. The summed E-state index contributed by atoms with van der Waals surface area (Å²) >= 11 is 11.9. The van der Waals surface area contributed by atoms with Crippen LogP contribution in [-0.4, -0.2) is 28.6 Å². The van der Waals surface area contributed by atoms with E-state index >= 15 is 0 Å². The molecule has 104 valence electrons. The normalized spacial score (nSPS) is 23.8. The van der Waals surface area contributed by atoms with Crippen molar-refractivity contribution in [3.63, 3.8) is 0 Å². The number of alkyl halides is 2. The molecule has 0 aromatic heterocycles. The summed E-state index contributed by atoms with van der Waals surface area (Å²) in [5.74, 6) is 0.440. The molecule has 1 fully saturated rings. The Morgan fingerprint density at radius 2 is 2.00 bits per heavy atom. The van der Waals surface area contributed by atoms with Crippen molar-refractivity contribution < 1.29 is 14.6 Å². The number of aliphatic hydroxyl groups is 1. The molecule has 1 saturated carbocycles. The first-order valence-corrected chi connectivity index (χ1v) is 6.68. The van der Waals surface area contributed by atoms with Crippen molar-refractivity contribution in [3.8, 4) is 5.75 Å². The van der Waals surface area contributed by atoms with Crippen LogP contribution in [0.25, 0.3) is 0 Å². The molecule has 2 rings (SSSR count). The number of ether oxygens (including phenoxy) is 1. The largest absolute Gasteiger partial charge is 0.491 e. The smallest absolute Gasteiger partial charge is 0.233 e. The van der Waals surface area contributed by atoms with Crippen LogP contribution in [0.15, 0.2) is 24.3 Å². The zero-order chi connectivity index (χ0) is 14.1. The van der Waals surface area contributed by atoms with Gasteiger partial charge in [0.05, 0.1) is 12.0 Å². The molecule has 1 amide bonds. The third-order valence-corrected chi connectivity index (χ3v) is 4.33. The molecule has 1 aromatic rings. The van der Waals surface area contributed by atoms with E-state index in [4.69, 9.17) is 33.0 Å². The van der Waals surface area contributed by atoms with Gasteiger partial charge in [0.1, 0.15) is 16.7 Å². The lowest BCUT2D eigenvalue weighted by Gasteiger charge is -2.13. The lowest BCUT2D eigenvalue weighted by molar-refractivity contribution is -0.120. The van der Waals surface area contributed by atoms with Crippen molar-refractivity contribution in [1.82, 2.24) is 0 Å². The van der Waals surface area contributed by atoms with Gasteiger partial charge in [-0.15, -0.1) is 23.2 Å². The number of anilines is 1. The van der Waals surface area contributed by atoms with Crippen LogP contribution < -0.4 is 10.1 Å². The van der Waals surface area contributed by atoms with Gasteiger partial charge in [-0.25, -0.2) is 0 Å². The standard InChI is InChI=1S/C13H15Cl2NO3/c1-12(8-13(12,14)15)11(18)16-9-2-4-10(5-3-9)19-7-6-17/h2-5,17H,6-8H2,1H3,(H,16,18). The van der Waals surface area contributed by atoms with Gasteiger partial charge in [-0.05, 0) is 37.6 Å². The van der Waals surface area contributed by atoms with Crippen LogP contribution in [0.4, 0.5) is 5.69 Å². The summed E-state index contributed by atoms with van der Waals surface area (Å²) in [7, 11) is 0. The van der Waals surface area contributed by atoms with E-state index in [9.17, 15) is 4.79 Å². The molecule has 19 heavy (non-hydrogen) atoms. The Kier molecular flexibility index (Phi) is 3.95. The highest BCUT2D eigenvalue weighted by atomic mass is 35.5. The van der Waals surface area contributed by atoms with Gasteiger partial charge in [0.2, 0.25) is 5.91 Å². The van der Waals surface area contributed by atoms with Gasteiger partial charge in [0, 0.05) is 5.69 Å². The van der Waals surface area contributed by atoms with Gasteiger partial charge in [-0.1, -0.05) is 0 Å². The number of carbonyl (C=O) groups excluding carboxylic acids is 1. The fourth-order valence-electron chi connectivity index (χ4n) is 1.71. The molecular formula is C13H15Cl2NO3. The summed E-state index contributed by atoms with van der Waals surface area (Å²) in [4.78, 5) is 12.0. The maximum Gasteiger partial charge on any atom is 0.233 e. The maximum atomic E-state index is 12.0. The summed E-state index contributed by atoms with van der Waals surface area (Å²) in [6.07, 6.45) is 0.451. The average Bonchev–Trinajstić information content (AvgIpc) is 2.89. The molecule has 2 N–H and O–H groups in total. The summed E-state index contributed by atoms with van der Waals surface area (Å²) < 4.78 is 4.25. The number of hydrogen-bond acceptors (Lipinski definition) is 3. The maximum absolute atomic E-state index is 12.0. The van der Waals surface area contributed by atoms with Crippen LogP contribution in [0.2, 0.25) is 0 Å². The molecule has 1 aromatic carbocycles. The van der Waals surface area contributed by atoms with E-state index in [1.54, 1.807) is 31.2 Å².